The van der Waals surface area contributed by atoms with Crippen molar-refractivity contribution in [3.8, 4) is 17.2 Å². The van der Waals surface area contributed by atoms with E-state index in [2.05, 4.69) is 5.32 Å². The van der Waals surface area contributed by atoms with E-state index < -0.39 is 0 Å². The third-order valence-corrected chi connectivity index (χ3v) is 4.39. The maximum Gasteiger partial charge on any atom is 0.231 e. The fourth-order valence-corrected chi connectivity index (χ4v) is 3.09. The molecule has 0 radical (unpaired) electrons. The topological polar surface area (TPSA) is 71.0 Å². The molecule has 2 aliphatic rings. The number of hydrogen-bond acceptors (Lipinski definition) is 5. The van der Waals surface area contributed by atoms with Crippen LogP contribution in [0.1, 0.15) is 31.2 Å². The molecule has 5 heteroatoms. The SMILES string of the molecule is OCC1(CNCc2cc3c(cc2O)OCO3)CCCC1. The van der Waals surface area contributed by atoms with E-state index in [9.17, 15) is 10.2 Å². The van der Waals surface area contributed by atoms with Gasteiger partial charge in [-0.3, -0.25) is 0 Å². The Bertz CT molecular complexity index is 483. The van der Waals surface area contributed by atoms with Crippen molar-refractivity contribution in [2.75, 3.05) is 19.9 Å². The van der Waals surface area contributed by atoms with Crippen LogP contribution in [0.2, 0.25) is 0 Å². The number of aliphatic hydroxyl groups excluding tert-OH is 1. The molecule has 1 aliphatic carbocycles. The van der Waals surface area contributed by atoms with Crippen LogP contribution in [-0.4, -0.2) is 30.2 Å². The molecule has 1 fully saturated rings. The molecule has 1 aromatic rings. The van der Waals surface area contributed by atoms with Crippen molar-refractivity contribution in [2.45, 2.75) is 32.2 Å². The molecule has 0 amide bonds. The molecule has 1 saturated carbocycles. The second kappa shape index (κ2) is 5.50. The van der Waals surface area contributed by atoms with Gasteiger partial charge in [0.25, 0.3) is 0 Å². The summed E-state index contributed by atoms with van der Waals surface area (Å²) in [5.41, 5.74) is 0.812. The number of phenols is 1. The number of aliphatic hydroxyl groups is 1. The van der Waals surface area contributed by atoms with E-state index in [0.29, 0.717) is 18.0 Å². The number of aromatic hydroxyl groups is 1. The molecule has 0 saturated heterocycles. The predicted octanol–water partition coefficient (Wildman–Crippen LogP) is 1.76. The molecule has 1 heterocycles. The van der Waals surface area contributed by atoms with Crippen LogP contribution >= 0.6 is 0 Å². The minimum absolute atomic E-state index is 0.0198. The summed E-state index contributed by atoms with van der Waals surface area (Å²) in [6, 6.07) is 3.40. The molecular weight excluding hydrogens is 258 g/mol. The smallest absolute Gasteiger partial charge is 0.231 e. The van der Waals surface area contributed by atoms with Gasteiger partial charge in [0.1, 0.15) is 5.75 Å². The monoisotopic (exact) mass is 279 g/mol. The summed E-state index contributed by atoms with van der Waals surface area (Å²) in [5, 5.41) is 22.9. The number of nitrogens with one attached hydrogen (secondary N) is 1. The highest BCUT2D eigenvalue weighted by molar-refractivity contribution is 5.51. The Morgan fingerprint density at radius 2 is 1.85 bits per heavy atom. The summed E-state index contributed by atoms with van der Waals surface area (Å²) in [7, 11) is 0. The number of benzene rings is 1. The van der Waals surface area contributed by atoms with Crippen LogP contribution in [0.15, 0.2) is 12.1 Å². The fraction of sp³-hybridized carbons (Fsp3) is 0.600. The first-order valence-corrected chi connectivity index (χ1v) is 7.16. The number of ether oxygens (including phenoxy) is 2. The van der Waals surface area contributed by atoms with Crippen molar-refractivity contribution < 1.29 is 19.7 Å². The van der Waals surface area contributed by atoms with Gasteiger partial charge in [-0.2, -0.15) is 0 Å². The lowest BCUT2D eigenvalue weighted by Gasteiger charge is -2.26. The van der Waals surface area contributed by atoms with Crippen LogP contribution in [0.5, 0.6) is 17.2 Å². The summed E-state index contributed by atoms with van der Waals surface area (Å²) >= 11 is 0. The molecule has 0 atom stereocenters. The zero-order valence-corrected chi connectivity index (χ0v) is 11.5. The van der Waals surface area contributed by atoms with Crippen LogP contribution < -0.4 is 14.8 Å². The Balaban J connectivity index is 1.61. The van der Waals surface area contributed by atoms with Crippen LogP contribution in [-0.2, 0) is 6.54 Å². The summed E-state index contributed by atoms with van der Waals surface area (Å²) < 4.78 is 10.5. The van der Waals surface area contributed by atoms with Crippen LogP contribution in [0.25, 0.3) is 0 Å². The van der Waals surface area contributed by atoms with Gasteiger partial charge in [-0.1, -0.05) is 12.8 Å². The maximum atomic E-state index is 9.96. The van der Waals surface area contributed by atoms with Gasteiger partial charge in [-0.25, -0.2) is 0 Å². The molecule has 0 aromatic heterocycles. The second-order valence-corrected chi connectivity index (χ2v) is 5.80. The highest BCUT2D eigenvalue weighted by Crippen LogP contribution is 2.39. The van der Waals surface area contributed by atoms with E-state index in [1.807, 2.05) is 6.07 Å². The van der Waals surface area contributed by atoms with Crippen molar-refractivity contribution in [3.63, 3.8) is 0 Å². The molecule has 1 aromatic carbocycles. The van der Waals surface area contributed by atoms with Gasteiger partial charge in [0.15, 0.2) is 11.5 Å². The molecule has 110 valence electrons. The molecule has 3 N–H and O–H groups in total. The third kappa shape index (κ3) is 2.55. The van der Waals surface area contributed by atoms with Crippen molar-refractivity contribution in [1.29, 1.82) is 0 Å². The Labute approximate surface area is 118 Å². The number of rotatable bonds is 5. The first kappa shape index (κ1) is 13.5. The van der Waals surface area contributed by atoms with Gasteiger partial charge in [0.2, 0.25) is 6.79 Å². The molecule has 5 nitrogen and oxygen atoms in total. The number of fused-ring (bicyclic) bond motifs is 1. The van der Waals surface area contributed by atoms with Crippen LogP contribution in [0, 0.1) is 5.41 Å². The van der Waals surface area contributed by atoms with E-state index in [4.69, 9.17) is 9.47 Å². The lowest BCUT2D eigenvalue weighted by atomic mass is 9.87. The van der Waals surface area contributed by atoms with Crippen LogP contribution in [0.3, 0.4) is 0 Å². The summed E-state index contributed by atoms with van der Waals surface area (Å²) in [4.78, 5) is 0. The number of phenolic OH excluding ortho intramolecular Hbond substituents is 1. The van der Waals surface area contributed by atoms with E-state index in [1.165, 1.54) is 12.8 Å². The van der Waals surface area contributed by atoms with Crippen molar-refractivity contribution in [2.24, 2.45) is 5.41 Å². The third-order valence-electron chi connectivity index (χ3n) is 4.39. The minimum Gasteiger partial charge on any atom is -0.507 e. The fourth-order valence-electron chi connectivity index (χ4n) is 3.09. The normalized spacial score (nSPS) is 19.4. The van der Waals surface area contributed by atoms with Gasteiger partial charge >= 0.3 is 0 Å². The predicted molar refractivity (Wildman–Crippen MR) is 73.9 cm³/mol. The molecule has 1 aliphatic heterocycles. The van der Waals surface area contributed by atoms with Crippen molar-refractivity contribution in [3.05, 3.63) is 17.7 Å². The Morgan fingerprint density at radius 3 is 2.55 bits per heavy atom. The van der Waals surface area contributed by atoms with Crippen molar-refractivity contribution in [1.82, 2.24) is 5.32 Å². The lowest BCUT2D eigenvalue weighted by molar-refractivity contribution is 0.128. The Hall–Kier alpha value is -1.46. The first-order chi connectivity index (χ1) is 9.72. The van der Waals surface area contributed by atoms with Crippen molar-refractivity contribution >= 4 is 0 Å². The maximum absolute atomic E-state index is 9.96. The zero-order chi connectivity index (χ0) is 14.0. The average molecular weight is 279 g/mol. The Kier molecular flexibility index (Phi) is 3.72. The molecule has 0 bridgehead atoms. The number of hydrogen-bond donors (Lipinski definition) is 3. The standard InChI is InChI=1S/C15H21NO4/c17-9-15(3-1-2-4-15)8-16-7-11-5-13-14(6-12(11)18)20-10-19-13/h5-6,16-18H,1-4,7-10H2. The van der Waals surface area contributed by atoms with E-state index in [0.717, 1.165) is 24.9 Å². The largest absolute Gasteiger partial charge is 0.507 e. The molecular formula is C15H21NO4. The minimum atomic E-state index is 0.0198. The lowest BCUT2D eigenvalue weighted by Crippen LogP contribution is -2.34. The Morgan fingerprint density at radius 1 is 1.15 bits per heavy atom. The van der Waals surface area contributed by atoms with Gasteiger partial charge < -0.3 is 25.0 Å². The van der Waals surface area contributed by atoms with Gasteiger partial charge in [0, 0.05) is 36.7 Å². The average Bonchev–Trinajstić information content (AvgIpc) is 3.08. The zero-order valence-electron chi connectivity index (χ0n) is 11.5. The summed E-state index contributed by atoms with van der Waals surface area (Å²) in [6.45, 7) is 1.77. The van der Waals surface area contributed by atoms with Gasteiger partial charge in [0.05, 0.1) is 0 Å². The highest BCUT2D eigenvalue weighted by atomic mass is 16.7. The molecule has 0 unspecified atom stereocenters. The van der Waals surface area contributed by atoms with E-state index in [-0.39, 0.29) is 24.6 Å². The van der Waals surface area contributed by atoms with E-state index >= 15 is 0 Å². The van der Waals surface area contributed by atoms with E-state index in [1.54, 1.807) is 6.07 Å². The highest BCUT2D eigenvalue weighted by Gasteiger charge is 2.32. The molecule has 20 heavy (non-hydrogen) atoms. The van der Waals surface area contributed by atoms with Crippen LogP contribution in [0.4, 0.5) is 0 Å². The summed E-state index contributed by atoms with van der Waals surface area (Å²) in [5.74, 6) is 1.48. The van der Waals surface area contributed by atoms with Gasteiger partial charge in [-0.05, 0) is 18.9 Å². The summed E-state index contributed by atoms with van der Waals surface area (Å²) in [6.07, 6.45) is 4.53. The first-order valence-electron chi connectivity index (χ1n) is 7.16. The second-order valence-electron chi connectivity index (χ2n) is 5.80. The molecule has 0 spiro atoms. The molecule has 3 rings (SSSR count). The van der Waals surface area contributed by atoms with Gasteiger partial charge in [-0.15, -0.1) is 0 Å². The quantitative estimate of drug-likeness (QED) is 0.766.